The summed E-state index contributed by atoms with van der Waals surface area (Å²) in [6.45, 7) is 8.31. The smallest absolute Gasteiger partial charge is 0.0881 e. The van der Waals surface area contributed by atoms with Crippen molar-refractivity contribution < 1.29 is 9.84 Å². The molecule has 0 fully saturated rings. The molecular weight excluding hydrogens is 488 g/mol. The van der Waals surface area contributed by atoms with Gasteiger partial charge in [-0.25, -0.2) is 0 Å². The summed E-state index contributed by atoms with van der Waals surface area (Å²) < 4.78 is 6.44. The Labute approximate surface area is 240 Å². The standard InChI is InChI=1S/C38H40O2/c1-37(2,39)28-29-40-38(3,4)36-27-24-33(23-20-30-14-8-5-9-15-30)34(25-21-31-16-10-6-11-17-31)35(36)26-22-32-18-12-7-13-19-32/h5-27,39H,28-29H2,1-4H3/b23-20+,25-21+,26-22+. The Morgan fingerprint density at radius 1 is 0.550 bits per heavy atom. The van der Waals surface area contributed by atoms with Crippen LogP contribution in [-0.2, 0) is 10.3 Å². The van der Waals surface area contributed by atoms with Gasteiger partial charge in [-0.2, -0.15) is 0 Å². The Morgan fingerprint density at radius 2 is 1.00 bits per heavy atom. The Bertz CT molecular complexity index is 1440. The molecular formula is C38H40O2. The average molecular weight is 529 g/mol. The van der Waals surface area contributed by atoms with Crippen molar-refractivity contribution in [1.29, 1.82) is 0 Å². The van der Waals surface area contributed by atoms with Crippen molar-refractivity contribution in [3.05, 3.63) is 142 Å². The number of ether oxygens (including phenoxy) is 1. The summed E-state index contributed by atoms with van der Waals surface area (Å²) in [4.78, 5) is 0. The summed E-state index contributed by atoms with van der Waals surface area (Å²) in [7, 11) is 0. The molecule has 4 rings (SSSR count). The van der Waals surface area contributed by atoms with Crippen LogP contribution in [0.5, 0.6) is 0 Å². The molecule has 1 N–H and O–H groups in total. The van der Waals surface area contributed by atoms with E-state index >= 15 is 0 Å². The lowest BCUT2D eigenvalue weighted by molar-refractivity contribution is -0.0495. The van der Waals surface area contributed by atoms with E-state index in [2.05, 4.69) is 135 Å². The van der Waals surface area contributed by atoms with E-state index in [0.29, 0.717) is 13.0 Å². The van der Waals surface area contributed by atoms with Gasteiger partial charge in [0.2, 0.25) is 0 Å². The van der Waals surface area contributed by atoms with E-state index in [0.717, 1.165) is 38.9 Å². The molecule has 2 heteroatoms. The van der Waals surface area contributed by atoms with Crippen molar-refractivity contribution >= 4 is 36.5 Å². The summed E-state index contributed by atoms with van der Waals surface area (Å²) in [5.41, 5.74) is 6.54. The predicted molar refractivity (Wildman–Crippen MR) is 172 cm³/mol. The normalized spacial score (nSPS) is 12.6. The van der Waals surface area contributed by atoms with Crippen molar-refractivity contribution in [3.8, 4) is 0 Å². The molecule has 0 spiro atoms. The van der Waals surface area contributed by atoms with Gasteiger partial charge in [-0.15, -0.1) is 0 Å². The lowest BCUT2D eigenvalue weighted by atomic mass is 9.86. The van der Waals surface area contributed by atoms with Crippen LogP contribution in [0.25, 0.3) is 36.5 Å². The zero-order valence-electron chi connectivity index (χ0n) is 24.0. The van der Waals surface area contributed by atoms with Crippen LogP contribution in [0.3, 0.4) is 0 Å². The first kappa shape index (κ1) is 29.0. The van der Waals surface area contributed by atoms with E-state index in [9.17, 15) is 5.11 Å². The molecule has 40 heavy (non-hydrogen) atoms. The minimum Gasteiger partial charge on any atom is -0.390 e. The van der Waals surface area contributed by atoms with Gasteiger partial charge in [0.15, 0.2) is 0 Å². The molecule has 0 radical (unpaired) electrons. The molecule has 0 aliphatic heterocycles. The monoisotopic (exact) mass is 528 g/mol. The van der Waals surface area contributed by atoms with Crippen LogP contribution in [0.15, 0.2) is 103 Å². The molecule has 0 amide bonds. The van der Waals surface area contributed by atoms with E-state index in [1.165, 1.54) is 0 Å². The zero-order chi connectivity index (χ0) is 28.4. The van der Waals surface area contributed by atoms with Crippen molar-refractivity contribution in [1.82, 2.24) is 0 Å². The maximum Gasteiger partial charge on any atom is 0.0881 e. The van der Waals surface area contributed by atoms with Crippen molar-refractivity contribution in [2.75, 3.05) is 6.61 Å². The quantitative estimate of drug-likeness (QED) is 0.196. The van der Waals surface area contributed by atoms with Gasteiger partial charge in [0, 0.05) is 0 Å². The number of hydrogen-bond donors (Lipinski definition) is 1. The number of aliphatic hydroxyl groups is 1. The molecule has 0 saturated carbocycles. The summed E-state index contributed by atoms with van der Waals surface area (Å²) >= 11 is 0. The Hall–Kier alpha value is -3.98. The molecule has 0 saturated heterocycles. The third-order valence-corrected chi connectivity index (χ3v) is 6.89. The predicted octanol–water partition coefficient (Wildman–Crippen LogP) is 9.61. The molecule has 4 aromatic rings. The highest BCUT2D eigenvalue weighted by molar-refractivity contribution is 5.87. The van der Waals surface area contributed by atoms with E-state index in [4.69, 9.17) is 4.74 Å². The highest BCUT2D eigenvalue weighted by Crippen LogP contribution is 2.35. The maximum absolute atomic E-state index is 10.3. The van der Waals surface area contributed by atoms with Crippen LogP contribution in [0, 0.1) is 0 Å². The molecule has 0 bridgehead atoms. The van der Waals surface area contributed by atoms with E-state index < -0.39 is 11.2 Å². The van der Waals surface area contributed by atoms with Crippen molar-refractivity contribution in [3.63, 3.8) is 0 Å². The topological polar surface area (TPSA) is 29.5 Å². The minimum atomic E-state index is -0.776. The van der Waals surface area contributed by atoms with Gasteiger partial charge in [0.1, 0.15) is 0 Å². The Kier molecular flexibility index (Phi) is 9.71. The van der Waals surface area contributed by atoms with Crippen LogP contribution >= 0.6 is 0 Å². The summed E-state index contributed by atoms with van der Waals surface area (Å²) in [6, 6.07) is 35.5. The van der Waals surface area contributed by atoms with Gasteiger partial charge < -0.3 is 9.84 Å². The third kappa shape index (κ3) is 8.51. The molecule has 0 aromatic heterocycles. The molecule has 0 aliphatic carbocycles. The minimum absolute atomic E-state index is 0.461. The van der Waals surface area contributed by atoms with Crippen molar-refractivity contribution in [2.24, 2.45) is 0 Å². The Balaban J connectivity index is 1.85. The lowest BCUT2D eigenvalue weighted by Gasteiger charge is -2.30. The van der Waals surface area contributed by atoms with Gasteiger partial charge in [0.05, 0.1) is 17.8 Å². The van der Waals surface area contributed by atoms with Gasteiger partial charge in [0.25, 0.3) is 0 Å². The number of hydrogen-bond acceptors (Lipinski definition) is 2. The van der Waals surface area contributed by atoms with Crippen LogP contribution in [-0.4, -0.2) is 17.3 Å². The zero-order valence-corrected chi connectivity index (χ0v) is 24.0. The summed E-state index contributed by atoms with van der Waals surface area (Å²) in [6.07, 6.45) is 13.6. The van der Waals surface area contributed by atoms with Gasteiger partial charge in [-0.1, -0.05) is 140 Å². The molecule has 0 atom stereocenters. The van der Waals surface area contributed by atoms with Gasteiger partial charge in [-0.3, -0.25) is 0 Å². The van der Waals surface area contributed by atoms with Crippen LogP contribution in [0.4, 0.5) is 0 Å². The highest BCUT2D eigenvalue weighted by atomic mass is 16.5. The van der Waals surface area contributed by atoms with Crippen LogP contribution < -0.4 is 0 Å². The van der Waals surface area contributed by atoms with E-state index in [1.807, 2.05) is 32.0 Å². The largest absolute Gasteiger partial charge is 0.390 e. The van der Waals surface area contributed by atoms with Gasteiger partial charge in [-0.05, 0) is 73.1 Å². The second-order valence-corrected chi connectivity index (χ2v) is 11.2. The van der Waals surface area contributed by atoms with E-state index in [1.54, 1.807) is 0 Å². The molecule has 0 aliphatic rings. The second kappa shape index (κ2) is 13.4. The summed E-state index contributed by atoms with van der Waals surface area (Å²) in [5, 5.41) is 10.3. The van der Waals surface area contributed by atoms with E-state index in [-0.39, 0.29) is 0 Å². The van der Waals surface area contributed by atoms with Gasteiger partial charge >= 0.3 is 0 Å². The number of rotatable bonds is 11. The lowest BCUT2D eigenvalue weighted by Crippen LogP contribution is -2.28. The molecule has 4 aromatic carbocycles. The fourth-order valence-corrected chi connectivity index (χ4v) is 4.56. The summed E-state index contributed by atoms with van der Waals surface area (Å²) in [5.74, 6) is 0. The first-order valence-electron chi connectivity index (χ1n) is 13.9. The average Bonchev–Trinajstić information content (AvgIpc) is 2.94. The number of benzene rings is 4. The SMILES string of the molecule is CC(C)(O)CCOC(C)(C)c1ccc(/C=C/c2ccccc2)c(/C=C/c2ccccc2)c1/C=C/c1ccccc1. The Morgan fingerprint density at radius 3 is 1.48 bits per heavy atom. The van der Waals surface area contributed by atoms with Crippen molar-refractivity contribution in [2.45, 2.75) is 45.3 Å². The molecule has 204 valence electrons. The molecule has 0 heterocycles. The molecule has 2 nitrogen and oxygen atoms in total. The van der Waals surface area contributed by atoms with Crippen LogP contribution in [0.1, 0.15) is 73.1 Å². The fraction of sp³-hybridized carbons (Fsp3) is 0.211. The second-order valence-electron chi connectivity index (χ2n) is 11.2. The maximum atomic E-state index is 10.3. The first-order valence-corrected chi connectivity index (χ1v) is 13.9. The molecule has 0 unspecified atom stereocenters. The first-order chi connectivity index (χ1) is 19.2. The van der Waals surface area contributed by atoms with Crippen LogP contribution in [0.2, 0.25) is 0 Å². The third-order valence-electron chi connectivity index (χ3n) is 6.89. The fourth-order valence-electron chi connectivity index (χ4n) is 4.56. The highest BCUT2D eigenvalue weighted by Gasteiger charge is 2.26.